The highest BCUT2D eigenvalue weighted by atomic mass is 16.5. The van der Waals surface area contributed by atoms with E-state index in [9.17, 15) is 4.79 Å². The number of nitrogens with one attached hydrogen (secondary N) is 2. The first-order valence-electron chi connectivity index (χ1n) is 7.95. The fourth-order valence-electron chi connectivity index (χ4n) is 2.27. The van der Waals surface area contributed by atoms with Crippen molar-refractivity contribution in [2.24, 2.45) is 0 Å². The van der Waals surface area contributed by atoms with Gasteiger partial charge in [0, 0.05) is 25.0 Å². The molecule has 0 saturated carbocycles. The van der Waals surface area contributed by atoms with Crippen LogP contribution >= 0.6 is 0 Å². The van der Waals surface area contributed by atoms with Gasteiger partial charge >= 0.3 is 0 Å². The van der Waals surface area contributed by atoms with E-state index < -0.39 is 0 Å². The van der Waals surface area contributed by atoms with Gasteiger partial charge in [-0.05, 0) is 29.5 Å². The molecule has 134 valence electrons. The summed E-state index contributed by atoms with van der Waals surface area (Å²) in [6, 6.07) is 9.01. The van der Waals surface area contributed by atoms with E-state index in [0.29, 0.717) is 32.1 Å². The Labute approximate surface area is 149 Å². The van der Waals surface area contributed by atoms with Crippen LogP contribution in [0.2, 0.25) is 0 Å². The van der Waals surface area contributed by atoms with E-state index in [1.807, 2.05) is 6.07 Å². The number of hydrogen-bond acceptors (Lipinski definition) is 8. The lowest BCUT2D eigenvalue weighted by Crippen LogP contribution is -2.42. The maximum atomic E-state index is 12.0. The molecule has 0 atom stereocenters. The Morgan fingerprint density at radius 1 is 1.38 bits per heavy atom. The highest BCUT2D eigenvalue weighted by Gasteiger charge is 2.17. The van der Waals surface area contributed by atoms with E-state index in [2.05, 4.69) is 25.9 Å². The van der Waals surface area contributed by atoms with Crippen LogP contribution in [0.5, 0.6) is 5.75 Å². The normalized spacial score (nSPS) is 14.6. The van der Waals surface area contributed by atoms with Gasteiger partial charge in [-0.15, -0.1) is 10.2 Å². The molecule has 0 radical (unpaired) electrons. The highest BCUT2D eigenvalue weighted by molar-refractivity contribution is 5.78. The lowest BCUT2D eigenvalue weighted by atomic mass is 10.3. The Balaban J connectivity index is 1.52. The Morgan fingerprint density at radius 3 is 2.81 bits per heavy atom. The summed E-state index contributed by atoms with van der Waals surface area (Å²) >= 11 is 0. The SMILES string of the molecule is N#CC(=CNc1ccc(OCC(=O)N2CCOCC2)cc1)c1nn[nH]n1. The molecule has 3 rings (SSSR count). The number of benzene rings is 1. The van der Waals surface area contributed by atoms with Gasteiger partial charge in [0.25, 0.3) is 5.91 Å². The predicted molar refractivity (Wildman–Crippen MR) is 90.7 cm³/mol. The molecule has 2 aromatic rings. The minimum atomic E-state index is -0.0581. The van der Waals surface area contributed by atoms with E-state index in [1.165, 1.54) is 6.20 Å². The number of nitriles is 1. The average Bonchev–Trinajstić information content (AvgIpc) is 3.23. The molecule has 0 bridgehead atoms. The molecule has 2 N–H and O–H groups in total. The van der Waals surface area contributed by atoms with Crippen molar-refractivity contribution < 1.29 is 14.3 Å². The molecule has 2 heterocycles. The van der Waals surface area contributed by atoms with Crippen molar-refractivity contribution in [3.63, 3.8) is 0 Å². The lowest BCUT2D eigenvalue weighted by Gasteiger charge is -2.26. The topological polar surface area (TPSA) is 129 Å². The molecule has 1 fully saturated rings. The Morgan fingerprint density at radius 2 is 2.15 bits per heavy atom. The van der Waals surface area contributed by atoms with Gasteiger partial charge in [-0.3, -0.25) is 4.79 Å². The zero-order valence-electron chi connectivity index (χ0n) is 13.9. The van der Waals surface area contributed by atoms with Crippen molar-refractivity contribution in [1.82, 2.24) is 25.5 Å². The number of carbonyl (C=O) groups is 1. The fourth-order valence-corrected chi connectivity index (χ4v) is 2.27. The molecule has 0 aliphatic carbocycles. The van der Waals surface area contributed by atoms with Crippen molar-refractivity contribution in [2.75, 3.05) is 38.2 Å². The fraction of sp³-hybridized carbons (Fsp3) is 0.312. The zero-order valence-corrected chi connectivity index (χ0v) is 13.9. The quantitative estimate of drug-likeness (QED) is 0.713. The van der Waals surface area contributed by atoms with E-state index >= 15 is 0 Å². The van der Waals surface area contributed by atoms with E-state index in [4.69, 9.17) is 14.7 Å². The number of allylic oxidation sites excluding steroid dienone is 1. The summed E-state index contributed by atoms with van der Waals surface area (Å²) in [6.45, 7) is 2.31. The Bertz CT molecular complexity index is 790. The van der Waals surface area contributed by atoms with Gasteiger partial charge in [-0.2, -0.15) is 10.5 Å². The van der Waals surface area contributed by atoms with Crippen LogP contribution in [0.1, 0.15) is 5.82 Å². The van der Waals surface area contributed by atoms with E-state index in [-0.39, 0.29) is 23.9 Å². The molecule has 10 heteroatoms. The van der Waals surface area contributed by atoms with Crippen LogP contribution < -0.4 is 10.1 Å². The number of aromatic nitrogens is 4. The largest absolute Gasteiger partial charge is 0.484 e. The standard InChI is InChI=1S/C16H17N7O3/c17-9-12(16-19-21-22-20-16)10-18-13-1-3-14(4-2-13)26-11-15(24)23-5-7-25-8-6-23/h1-4,10,18H,5-8,11H2,(H,19,20,21,22). The van der Waals surface area contributed by atoms with Gasteiger partial charge in [0.05, 0.1) is 13.2 Å². The molecule has 10 nitrogen and oxygen atoms in total. The van der Waals surface area contributed by atoms with Crippen LogP contribution in [0.15, 0.2) is 30.5 Å². The number of tetrazole rings is 1. The van der Waals surface area contributed by atoms with E-state index in [0.717, 1.165) is 5.69 Å². The lowest BCUT2D eigenvalue weighted by molar-refractivity contribution is -0.137. The maximum absolute atomic E-state index is 12.0. The zero-order chi connectivity index (χ0) is 18.2. The third-order valence-electron chi connectivity index (χ3n) is 3.67. The summed E-state index contributed by atoms with van der Waals surface area (Å²) in [5.41, 5.74) is 0.989. The van der Waals surface area contributed by atoms with Gasteiger partial charge in [-0.25, -0.2) is 0 Å². The second-order valence-corrected chi connectivity index (χ2v) is 5.36. The number of morpholine rings is 1. The summed E-state index contributed by atoms with van der Waals surface area (Å²) in [5.74, 6) is 0.735. The highest BCUT2D eigenvalue weighted by Crippen LogP contribution is 2.17. The summed E-state index contributed by atoms with van der Waals surface area (Å²) in [5, 5.41) is 25.3. The third-order valence-corrected chi connectivity index (χ3v) is 3.67. The Hall–Kier alpha value is -3.45. The summed E-state index contributed by atoms with van der Waals surface area (Å²) < 4.78 is 10.7. The monoisotopic (exact) mass is 355 g/mol. The summed E-state index contributed by atoms with van der Waals surface area (Å²) in [6.07, 6.45) is 1.49. The number of carbonyl (C=O) groups excluding carboxylic acids is 1. The van der Waals surface area contributed by atoms with Crippen LogP contribution in [0.3, 0.4) is 0 Å². The van der Waals surface area contributed by atoms with Crippen molar-refractivity contribution in [3.8, 4) is 11.8 Å². The smallest absolute Gasteiger partial charge is 0.260 e. The average molecular weight is 355 g/mol. The number of anilines is 1. The first kappa shape index (κ1) is 17.4. The van der Waals surface area contributed by atoms with Crippen molar-refractivity contribution in [2.45, 2.75) is 0 Å². The molecule has 1 aliphatic rings. The van der Waals surface area contributed by atoms with Crippen LogP contribution in [-0.2, 0) is 9.53 Å². The number of H-pyrrole nitrogens is 1. The van der Waals surface area contributed by atoms with Crippen LogP contribution in [0, 0.1) is 11.3 Å². The number of amides is 1. The summed E-state index contributed by atoms with van der Waals surface area (Å²) in [7, 11) is 0. The van der Waals surface area contributed by atoms with Crippen molar-refractivity contribution >= 4 is 17.2 Å². The van der Waals surface area contributed by atoms with Gasteiger partial charge in [0.2, 0.25) is 5.82 Å². The van der Waals surface area contributed by atoms with Gasteiger partial charge in [0.1, 0.15) is 17.4 Å². The molecule has 1 amide bonds. The number of hydrogen-bond donors (Lipinski definition) is 2. The first-order valence-corrected chi connectivity index (χ1v) is 7.95. The molecule has 1 aliphatic heterocycles. The molecular weight excluding hydrogens is 338 g/mol. The molecular formula is C16H17N7O3. The molecule has 26 heavy (non-hydrogen) atoms. The van der Waals surface area contributed by atoms with Gasteiger partial charge in [0.15, 0.2) is 6.61 Å². The van der Waals surface area contributed by atoms with E-state index in [1.54, 1.807) is 29.2 Å². The maximum Gasteiger partial charge on any atom is 0.260 e. The van der Waals surface area contributed by atoms with Crippen LogP contribution in [0.4, 0.5) is 5.69 Å². The number of aromatic amines is 1. The van der Waals surface area contributed by atoms with Crippen molar-refractivity contribution in [3.05, 3.63) is 36.3 Å². The van der Waals surface area contributed by atoms with Crippen LogP contribution in [-0.4, -0.2) is 64.3 Å². The minimum absolute atomic E-state index is 0.0108. The molecule has 0 spiro atoms. The third kappa shape index (κ3) is 4.55. The molecule has 1 aromatic carbocycles. The Kier molecular flexibility index (Phi) is 5.74. The van der Waals surface area contributed by atoms with Gasteiger partial charge < -0.3 is 19.7 Å². The second-order valence-electron chi connectivity index (χ2n) is 5.36. The second kappa shape index (κ2) is 8.59. The molecule has 1 saturated heterocycles. The molecule has 1 aromatic heterocycles. The summed E-state index contributed by atoms with van der Waals surface area (Å²) in [4.78, 5) is 13.8. The number of ether oxygens (including phenoxy) is 2. The minimum Gasteiger partial charge on any atom is -0.484 e. The molecule has 0 unspecified atom stereocenters. The predicted octanol–water partition coefficient (Wildman–Crippen LogP) is 0.414. The first-order chi connectivity index (χ1) is 12.8. The number of nitrogens with zero attached hydrogens (tertiary/aromatic N) is 5. The van der Waals surface area contributed by atoms with Crippen molar-refractivity contribution in [1.29, 1.82) is 5.26 Å². The van der Waals surface area contributed by atoms with Gasteiger partial charge in [-0.1, -0.05) is 0 Å². The van der Waals surface area contributed by atoms with Crippen LogP contribution in [0.25, 0.3) is 5.57 Å². The number of rotatable bonds is 6.